The maximum Gasteiger partial charge on any atom is 0.0467 e. The molecule has 0 bridgehead atoms. The average Bonchev–Trinajstić information content (AvgIpc) is 3.59. The maximum absolute atomic E-state index is 3.92. The number of nitrogens with one attached hydrogen (secondary N) is 1. The van der Waals surface area contributed by atoms with Gasteiger partial charge in [0.25, 0.3) is 0 Å². The number of rotatable bonds is 5. The molecule has 0 fully saturated rings. The zero-order valence-electron chi connectivity index (χ0n) is 26.7. The van der Waals surface area contributed by atoms with Crippen LogP contribution in [0.4, 0.5) is 11.4 Å². The monoisotopic (exact) mass is 601 g/mol. The van der Waals surface area contributed by atoms with Crippen molar-refractivity contribution in [2.45, 2.75) is 25.2 Å². The second kappa shape index (κ2) is 10.7. The van der Waals surface area contributed by atoms with Crippen molar-refractivity contribution in [2.75, 3.05) is 5.32 Å². The molecule has 7 aromatic carbocycles. The Balaban J connectivity index is 1.20. The average molecular weight is 602 g/mol. The Morgan fingerprint density at radius 2 is 1.06 bits per heavy atom. The van der Waals surface area contributed by atoms with Crippen LogP contribution in [-0.4, -0.2) is 0 Å². The number of benzene rings is 7. The van der Waals surface area contributed by atoms with E-state index in [4.69, 9.17) is 0 Å². The third-order valence-corrected chi connectivity index (χ3v) is 10.4. The van der Waals surface area contributed by atoms with Gasteiger partial charge in [-0.3, -0.25) is 0 Å². The highest BCUT2D eigenvalue weighted by molar-refractivity contribution is 5.96. The summed E-state index contributed by atoms with van der Waals surface area (Å²) in [7, 11) is 0. The lowest BCUT2D eigenvalue weighted by atomic mass is 9.82. The van der Waals surface area contributed by atoms with Gasteiger partial charge in [-0.1, -0.05) is 159 Å². The summed E-state index contributed by atoms with van der Waals surface area (Å²) in [5, 5.41) is 3.92. The number of fused-ring (bicyclic) bond motifs is 6. The van der Waals surface area contributed by atoms with Crippen LogP contribution < -0.4 is 5.32 Å². The zero-order chi connectivity index (χ0) is 31.5. The van der Waals surface area contributed by atoms with Crippen LogP contribution >= 0.6 is 0 Å². The molecule has 0 spiro atoms. The number of hydrogen-bond donors (Lipinski definition) is 1. The van der Waals surface area contributed by atoms with Crippen LogP contribution in [0.15, 0.2) is 164 Å². The predicted octanol–water partition coefficient (Wildman–Crippen LogP) is 12.2. The van der Waals surface area contributed by atoms with E-state index in [1.54, 1.807) is 0 Å². The number of anilines is 2. The van der Waals surface area contributed by atoms with Crippen molar-refractivity contribution in [3.05, 3.63) is 192 Å². The van der Waals surface area contributed by atoms with Crippen LogP contribution in [0.3, 0.4) is 0 Å². The van der Waals surface area contributed by atoms with Crippen molar-refractivity contribution in [2.24, 2.45) is 0 Å². The van der Waals surface area contributed by atoms with E-state index in [0.717, 1.165) is 11.4 Å². The highest BCUT2D eigenvalue weighted by atomic mass is 14.9. The van der Waals surface area contributed by atoms with Gasteiger partial charge in [0.2, 0.25) is 0 Å². The molecule has 224 valence electrons. The molecule has 1 N–H and O–H groups in total. The second-order valence-corrected chi connectivity index (χ2v) is 13.4. The van der Waals surface area contributed by atoms with Gasteiger partial charge in [0, 0.05) is 28.3 Å². The van der Waals surface area contributed by atoms with Crippen LogP contribution in [0.2, 0.25) is 0 Å². The summed E-state index contributed by atoms with van der Waals surface area (Å²) < 4.78 is 0. The van der Waals surface area contributed by atoms with Crippen LogP contribution in [0.1, 0.15) is 47.6 Å². The first-order chi connectivity index (χ1) is 23.1. The third kappa shape index (κ3) is 4.38. The van der Waals surface area contributed by atoms with Crippen molar-refractivity contribution in [1.29, 1.82) is 0 Å². The normalized spacial score (nSPS) is 15.0. The summed E-state index contributed by atoms with van der Waals surface area (Å²) in [5.41, 5.74) is 19.3. The fraction of sp³-hybridized carbons (Fsp3) is 0.0870. The molecule has 47 heavy (non-hydrogen) atoms. The van der Waals surface area contributed by atoms with E-state index < -0.39 is 0 Å². The fourth-order valence-electron chi connectivity index (χ4n) is 8.10. The summed E-state index contributed by atoms with van der Waals surface area (Å²) in [6.07, 6.45) is 0. The Labute approximate surface area is 277 Å². The highest BCUT2D eigenvalue weighted by Gasteiger charge is 2.36. The minimum atomic E-state index is -0.0493. The van der Waals surface area contributed by atoms with Crippen LogP contribution in [-0.2, 0) is 5.41 Å². The molecule has 2 aliphatic carbocycles. The van der Waals surface area contributed by atoms with E-state index in [-0.39, 0.29) is 11.3 Å². The summed E-state index contributed by atoms with van der Waals surface area (Å²) in [6.45, 7) is 4.69. The molecule has 0 saturated carbocycles. The smallest absolute Gasteiger partial charge is 0.0467 e. The van der Waals surface area contributed by atoms with E-state index >= 15 is 0 Å². The minimum absolute atomic E-state index is 0.0493. The van der Waals surface area contributed by atoms with Crippen LogP contribution in [0.25, 0.3) is 44.5 Å². The molecule has 9 rings (SSSR count). The van der Waals surface area contributed by atoms with Gasteiger partial charge < -0.3 is 5.32 Å². The molecular formula is C46H35N. The lowest BCUT2D eigenvalue weighted by Crippen LogP contribution is -2.15. The molecule has 1 atom stereocenters. The van der Waals surface area contributed by atoms with Crippen molar-refractivity contribution in [3.63, 3.8) is 0 Å². The van der Waals surface area contributed by atoms with Gasteiger partial charge in [-0.2, -0.15) is 0 Å². The topological polar surface area (TPSA) is 12.0 Å². The van der Waals surface area contributed by atoms with Crippen molar-refractivity contribution < 1.29 is 0 Å². The zero-order valence-corrected chi connectivity index (χ0v) is 26.7. The van der Waals surface area contributed by atoms with Gasteiger partial charge in [-0.05, 0) is 85.0 Å². The van der Waals surface area contributed by atoms with Crippen molar-refractivity contribution in [3.8, 4) is 44.5 Å². The van der Waals surface area contributed by atoms with Gasteiger partial charge in [-0.25, -0.2) is 0 Å². The van der Waals surface area contributed by atoms with Gasteiger partial charge in [-0.15, -0.1) is 0 Å². The molecule has 1 nitrogen and oxygen atoms in total. The van der Waals surface area contributed by atoms with Crippen LogP contribution in [0, 0.1) is 0 Å². The summed E-state index contributed by atoms with van der Waals surface area (Å²) in [6, 6.07) is 60.1. The van der Waals surface area contributed by atoms with Gasteiger partial charge >= 0.3 is 0 Å². The minimum Gasteiger partial charge on any atom is -0.355 e. The lowest BCUT2D eigenvalue weighted by Gasteiger charge is -2.23. The Morgan fingerprint density at radius 3 is 1.85 bits per heavy atom. The molecule has 0 radical (unpaired) electrons. The largest absolute Gasteiger partial charge is 0.355 e. The SMILES string of the molecule is CC1(C)c2ccccc2-c2ccc(Nc3ccc(-c4ccc(-c5ccccc5)cc4)c4c3-c3ccccc3C4c3ccccc3)cc21. The molecule has 0 saturated heterocycles. The van der Waals surface area contributed by atoms with E-state index in [0.29, 0.717) is 0 Å². The molecule has 7 aromatic rings. The lowest BCUT2D eigenvalue weighted by molar-refractivity contribution is 0.660. The first-order valence-electron chi connectivity index (χ1n) is 16.6. The summed E-state index contributed by atoms with van der Waals surface area (Å²) in [4.78, 5) is 0. The van der Waals surface area contributed by atoms with E-state index in [1.807, 2.05) is 0 Å². The molecule has 0 amide bonds. The Morgan fingerprint density at radius 1 is 0.468 bits per heavy atom. The van der Waals surface area contributed by atoms with Gasteiger partial charge in [0.1, 0.15) is 0 Å². The van der Waals surface area contributed by atoms with E-state index in [2.05, 4.69) is 183 Å². The molecule has 0 aromatic heterocycles. The third-order valence-electron chi connectivity index (χ3n) is 10.4. The van der Waals surface area contributed by atoms with Crippen molar-refractivity contribution in [1.82, 2.24) is 0 Å². The molecule has 1 heteroatoms. The standard InChI is InChI=1S/C46H35N/c1-46(2)40-20-12-11-17-36(40)37-26-25-34(29-41(37)46)47-42-28-27-35(32-23-21-31(22-24-32)30-13-5-3-6-14-30)45-43(33-15-7-4-8-16-33)38-18-9-10-19-39(38)44(42)45/h3-29,43,47H,1-2H3. The van der Waals surface area contributed by atoms with E-state index in [9.17, 15) is 0 Å². The molecule has 1 unspecified atom stereocenters. The predicted molar refractivity (Wildman–Crippen MR) is 197 cm³/mol. The maximum atomic E-state index is 3.92. The Kier molecular flexibility index (Phi) is 6.30. The summed E-state index contributed by atoms with van der Waals surface area (Å²) in [5.74, 6) is 0.140. The Hall–Kier alpha value is -5.66. The van der Waals surface area contributed by atoms with Crippen molar-refractivity contribution >= 4 is 11.4 Å². The molecule has 2 aliphatic rings. The van der Waals surface area contributed by atoms with Gasteiger partial charge in [0.15, 0.2) is 0 Å². The fourth-order valence-corrected chi connectivity index (χ4v) is 8.10. The summed E-state index contributed by atoms with van der Waals surface area (Å²) >= 11 is 0. The Bertz CT molecular complexity index is 2280. The van der Waals surface area contributed by atoms with Gasteiger partial charge in [0.05, 0.1) is 0 Å². The molecule has 0 heterocycles. The quantitative estimate of drug-likeness (QED) is 0.207. The molecule has 0 aliphatic heterocycles. The first-order valence-corrected chi connectivity index (χ1v) is 16.6. The van der Waals surface area contributed by atoms with E-state index in [1.165, 1.54) is 72.3 Å². The van der Waals surface area contributed by atoms with Crippen LogP contribution in [0.5, 0.6) is 0 Å². The number of hydrogen-bond acceptors (Lipinski definition) is 1. The highest BCUT2D eigenvalue weighted by Crippen LogP contribution is 2.55. The molecular weight excluding hydrogens is 567 g/mol. The second-order valence-electron chi connectivity index (χ2n) is 13.4. The first kappa shape index (κ1) is 27.6.